The van der Waals surface area contributed by atoms with E-state index >= 15 is 0 Å². The topological polar surface area (TPSA) is 79.0 Å². The number of aryl methyl sites for hydroxylation is 2. The predicted molar refractivity (Wildman–Crippen MR) is 146 cm³/mol. The summed E-state index contributed by atoms with van der Waals surface area (Å²) in [5.41, 5.74) is 5.39. The van der Waals surface area contributed by atoms with Crippen LogP contribution < -0.4 is 9.62 Å². The average Bonchev–Trinajstić information content (AvgIpc) is 2.89. The van der Waals surface area contributed by atoms with Crippen molar-refractivity contribution in [1.82, 2.24) is 10.2 Å². The number of nitrogens with zero attached hydrogens (tertiary/aromatic N) is 2. The van der Waals surface area contributed by atoms with E-state index in [1.807, 2.05) is 45.0 Å². The SMILES string of the molecule is Cc1ccc(S(=O)(=O)N(CC(=O)NCc2cccc(CN3CCOCC3)c2)c2cccc(C)c2C)cc1. The lowest BCUT2D eigenvalue weighted by atomic mass is 10.1. The fourth-order valence-corrected chi connectivity index (χ4v) is 5.86. The molecule has 1 aliphatic heterocycles. The number of carbonyl (C=O) groups is 1. The van der Waals surface area contributed by atoms with Crippen LogP contribution in [0.15, 0.2) is 71.6 Å². The number of carbonyl (C=O) groups excluding carboxylic acids is 1. The van der Waals surface area contributed by atoms with Crippen molar-refractivity contribution < 1.29 is 17.9 Å². The molecule has 0 saturated carbocycles. The maximum atomic E-state index is 13.7. The molecule has 0 unspecified atom stereocenters. The number of hydrogen-bond acceptors (Lipinski definition) is 5. The van der Waals surface area contributed by atoms with Crippen LogP contribution in [0.25, 0.3) is 0 Å². The van der Waals surface area contributed by atoms with Crippen LogP contribution in [-0.4, -0.2) is 52.1 Å². The molecule has 7 nitrogen and oxygen atoms in total. The Balaban J connectivity index is 1.50. The lowest BCUT2D eigenvalue weighted by Crippen LogP contribution is -2.41. The Morgan fingerprint density at radius 3 is 2.35 bits per heavy atom. The third kappa shape index (κ3) is 6.77. The minimum absolute atomic E-state index is 0.155. The molecule has 1 N–H and O–H groups in total. The van der Waals surface area contributed by atoms with E-state index < -0.39 is 10.0 Å². The van der Waals surface area contributed by atoms with Crippen molar-refractivity contribution in [1.29, 1.82) is 0 Å². The van der Waals surface area contributed by atoms with Crippen molar-refractivity contribution in [2.75, 3.05) is 37.2 Å². The molecule has 0 radical (unpaired) electrons. The van der Waals surface area contributed by atoms with Gasteiger partial charge in [-0.2, -0.15) is 0 Å². The summed E-state index contributed by atoms with van der Waals surface area (Å²) in [7, 11) is -3.95. The first-order valence-electron chi connectivity index (χ1n) is 12.5. The molecule has 3 aromatic carbocycles. The lowest BCUT2D eigenvalue weighted by molar-refractivity contribution is -0.119. The van der Waals surface area contributed by atoms with Gasteiger partial charge in [0.15, 0.2) is 0 Å². The maximum absolute atomic E-state index is 13.7. The molecule has 37 heavy (non-hydrogen) atoms. The van der Waals surface area contributed by atoms with Crippen LogP contribution in [-0.2, 0) is 32.6 Å². The van der Waals surface area contributed by atoms with Crippen LogP contribution in [0, 0.1) is 20.8 Å². The smallest absolute Gasteiger partial charge is 0.264 e. The predicted octanol–water partition coefficient (Wildman–Crippen LogP) is 3.96. The quantitative estimate of drug-likeness (QED) is 0.461. The van der Waals surface area contributed by atoms with Crippen LogP contribution >= 0.6 is 0 Å². The van der Waals surface area contributed by atoms with E-state index in [4.69, 9.17) is 4.74 Å². The molecule has 0 aliphatic carbocycles. The van der Waals surface area contributed by atoms with Crippen molar-refractivity contribution in [2.24, 2.45) is 0 Å². The zero-order chi connectivity index (χ0) is 26.4. The van der Waals surface area contributed by atoms with E-state index in [9.17, 15) is 13.2 Å². The lowest BCUT2D eigenvalue weighted by Gasteiger charge is -2.27. The molecule has 196 valence electrons. The zero-order valence-electron chi connectivity index (χ0n) is 21.7. The fourth-order valence-electron chi connectivity index (χ4n) is 4.39. The van der Waals surface area contributed by atoms with Crippen LogP contribution in [0.5, 0.6) is 0 Å². The van der Waals surface area contributed by atoms with Gasteiger partial charge in [-0.15, -0.1) is 0 Å². The van der Waals surface area contributed by atoms with E-state index in [0.29, 0.717) is 12.2 Å². The Hall–Kier alpha value is -3.20. The van der Waals surface area contributed by atoms with Crippen molar-refractivity contribution in [3.63, 3.8) is 0 Å². The molecule has 3 aromatic rings. The maximum Gasteiger partial charge on any atom is 0.264 e. The number of morpholine rings is 1. The molecular formula is C29H35N3O4S. The summed E-state index contributed by atoms with van der Waals surface area (Å²) < 4.78 is 34.0. The van der Waals surface area contributed by atoms with Gasteiger partial charge in [-0.05, 0) is 61.2 Å². The Labute approximate surface area is 220 Å². The summed E-state index contributed by atoms with van der Waals surface area (Å²) in [4.78, 5) is 15.6. The van der Waals surface area contributed by atoms with Gasteiger partial charge in [0.2, 0.25) is 5.91 Å². The van der Waals surface area contributed by atoms with E-state index in [2.05, 4.69) is 22.3 Å². The third-order valence-corrected chi connectivity index (χ3v) is 8.51. The molecule has 4 rings (SSSR count). The average molecular weight is 522 g/mol. The summed E-state index contributed by atoms with van der Waals surface area (Å²) in [5, 5.41) is 2.92. The minimum atomic E-state index is -3.95. The largest absolute Gasteiger partial charge is 0.379 e. The standard InChI is InChI=1S/C29H35N3O4S/c1-22-10-12-27(13-11-22)37(34,35)32(28-9-4-6-23(2)24(28)3)21-29(33)30-19-25-7-5-8-26(18-25)20-31-14-16-36-17-15-31/h4-13,18H,14-17,19-21H2,1-3H3,(H,30,33). The van der Waals surface area contributed by atoms with Gasteiger partial charge in [0.1, 0.15) is 6.54 Å². The molecule has 8 heteroatoms. The normalized spacial score (nSPS) is 14.4. The number of ether oxygens (including phenoxy) is 1. The second-order valence-corrected chi connectivity index (χ2v) is 11.4. The van der Waals surface area contributed by atoms with Crippen molar-refractivity contribution in [3.8, 4) is 0 Å². The Morgan fingerprint density at radius 2 is 1.62 bits per heavy atom. The van der Waals surface area contributed by atoms with Gasteiger partial charge in [-0.1, -0.05) is 54.1 Å². The summed E-state index contributed by atoms with van der Waals surface area (Å²) in [5.74, 6) is -0.366. The Morgan fingerprint density at radius 1 is 0.946 bits per heavy atom. The number of benzene rings is 3. The molecule has 0 aromatic heterocycles. The molecule has 0 bridgehead atoms. The summed E-state index contributed by atoms with van der Waals surface area (Å²) in [6.07, 6.45) is 0. The van der Waals surface area contributed by atoms with Crippen molar-refractivity contribution in [3.05, 3.63) is 94.5 Å². The van der Waals surface area contributed by atoms with E-state index in [0.717, 1.165) is 55.1 Å². The van der Waals surface area contributed by atoms with Crippen LogP contribution in [0.4, 0.5) is 5.69 Å². The Bertz CT molecular complexity index is 1330. The molecule has 1 amide bonds. The van der Waals surface area contributed by atoms with Crippen molar-refractivity contribution >= 4 is 21.6 Å². The molecule has 0 atom stereocenters. The first-order valence-corrected chi connectivity index (χ1v) is 14.0. The molecule has 1 aliphatic rings. The van der Waals surface area contributed by atoms with Crippen molar-refractivity contribution in [2.45, 2.75) is 38.8 Å². The number of anilines is 1. The van der Waals surface area contributed by atoms with Crippen LogP contribution in [0.1, 0.15) is 27.8 Å². The first-order chi connectivity index (χ1) is 17.7. The molecule has 0 spiro atoms. The summed E-state index contributed by atoms with van der Waals surface area (Å²) >= 11 is 0. The second kappa shape index (κ2) is 11.9. The van der Waals surface area contributed by atoms with Gasteiger partial charge in [0.25, 0.3) is 10.0 Å². The van der Waals surface area contributed by atoms with Gasteiger partial charge in [-0.25, -0.2) is 8.42 Å². The number of nitrogens with one attached hydrogen (secondary N) is 1. The van der Waals surface area contributed by atoms with E-state index in [1.54, 1.807) is 30.3 Å². The van der Waals surface area contributed by atoms with Crippen LogP contribution in [0.3, 0.4) is 0 Å². The molecular weight excluding hydrogens is 486 g/mol. The van der Waals surface area contributed by atoms with E-state index in [-0.39, 0.29) is 17.3 Å². The van der Waals surface area contributed by atoms with Gasteiger partial charge >= 0.3 is 0 Å². The first kappa shape index (κ1) is 26.9. The number of sulfonamides is 1. The highest BCUT2D eigenvalue weighted by atomic mass is 32.2. The highest BCUT2D eigenvalue weighted by Crippen LogP contribution is 2.28. The van der Waals surface area contributed by atoms with Gasteiger partial charge in [0, 0.05) is 26.2 Å². The van der Waals surface area contributed by atoms with Gasteiger partial charge in [0.05, 0.1) is 23.8 Å². The summed E-state index contributed by atoms with van der Waals surface area (Å²) in [6.45, 7) is 9.86. The fraction of sp³-hybridized carbons (Fsp3) is 0.345. The van der Waals surface area contributed by atoms with E-state index in [1.165, 1.54) is 9.87 Å². The monoisotopic (exact) mass is 521 g/mol. The highest BCUT2D eigenvalue weighted by molar-refractivity contribution is 7.92. The Kier molecular flexibility index (Phi) is 8.63. The van der Waals surface area contributed by atoms with Gasteiger partial charge in [-0.3, -0.25) is 14.0 Å². The molecule has 1 saturated heterocycles. The number of rotatable bonds is 9. The van der Waals surface area contributed by atoms with Gasteiger partial charge < -0.3 is 10.1 Å². The molecule has 1 fully saturated rings. The minimum Gasteiger partial charge on any atom is -0.379 e. The third-order valence-electron chi connectivity index (χ3n) is 6.73. The zero-order valence-corrected chi connectivity index (χ0v) is 22.6. The number of amides is 1. The second-order valence-electron chi connectivity index (χ2n) is 9.53. The van der Waals surface area contributed by atoms with Crippen LogP contribution in [0.2, 0.25) is 0 Å². The summed E-state index contributed by atoms with van der Waals surface area (Å²) in [6, 6.07) is 20.3. The molecule has 1 heterocycles. The highest BCUT2D eigenvalue weighted by Gasteiger charge is 2.28. The number of hydrogen-bond donors (Lipinski definition) is 1.